The van der Waals surface area contributed by atoms with Crippen LogP contribution in [0.2, 0.25) is 0 Å². The lowest BCUT2D eigenvalue weighted by molar-refractivity contribution is -0.132. The highest BCUT2D eigenvalue weighted by atomic mass is 16.2. The van der Waals surface area contributed by atoms with Gasteiger partial charge in [-0.15, -0.1) is 6.42 Å². The normalized spacial score (nSPS) is 18.3. The maximum atomic E-state index is 13.1. The minimum absolute atomic E-state index is 0.147. The fourth-order valence-corrected chi connectivity index (χ4v) is 4.05. The highest BCUT2D eigenvalue weighted by Gasteiger charge is 2.45. The fraction of sp³-hybridized carbons (Fsp3) is 0.348. The summed E-state index contributed by atoms with van der Waals surface area (Å²) in [6, 6.07) is 4.21. The lowest BCUT2D eigenvalue weighted by Crippen LogP contribution is -2.47. The maximum Gasteiger partial charge on any atom is 0.264 e. The monoisotopic (exact) mass is 418 g/mol. The van der Waals surface area contributed by atoms with Gasteiger partial charge in [0.1, 0.15) is 5.78 Å². The van der Waals surface area contributed by atoms with E-state index in [1.165, 1.54) is 0 Å². The van der Waals surface area contributed by atoms with Crippen molar-refractivity contribution >= 4 is 29.1 Å². The van der Waals surface area contributed by atoms with Gasteiger partial charge in [0.05, 0.1) is 35.3 Å². The maximum absolute atomic E-state index is 13.1. The van der Waals surface area contributed by atoms with Crippen molar-refractivity contribution < 1.29 is 19.2 Å². The third-order valence-electron chi connectivity index (χ3n) is 5.63. The zero-order chi connectivity index (χ0) is 22.0. The number of rotatable bonds is 7. The number of benzene rings is 1. The molecule has 1 aliphatic heterocycles. The molecule has 0 bridgehead atoms. The summed E-state index contributed by atoms with van der Waals surface area (Å²) >= 11 is 0. The van der Waals surface area contributed by atoms with E-state index in [0.717, 1.165) is 29.8 Å². The van der Waals surface area contributed by atoms with E-state index >= 15 is 0 Å². The number of terminal acetylenes is 1. The highest BCUT2D eigenvalue weighted by molar-refractivity contribution is 6.25. The van der Waals surface area contributed by atoms with Gasteiger partial charge >= 0.3 is 0 Å². The first kappa shape index (κ1) is 20.5. The van der Waals surface area contributed by atoms with Gasteiger partial charge in [0, 0.05) is 31.4 Å². The zero-order valence-corrected chi connectivity index (χ0v) is 17.0. The molecule has 0 spiro atoms. The van der Waals surface area contributed by atoms with Crippen LogP contribution in [0.4, 0.5) is 5.69 Å². The molecule has 1 saturated carbocycles. The molecule has 2 aromatic rings. The summed E-state index contributed by atoms with van der Waals surface area (Å²) in [6.45, 7) is 1.34. The Kier molecular flexibility index (Phi) is 5.67. The van der Waals surface area contributed by atoms with Crippen molar-refractivity contribution in [3.05, 3.63) is 47.3 Å². The van der Waals surface area contributed by atoms with Crippen LogP contribution in [-0.2, 0) is 16.1 Å². The second kappa shape index (κ2) is 8.56. The van der Waals surface area contributed by atoms with Gasteiger partial charge < -0.3 is 5.32 Å². The number of aryl methyl sites for hydroxylation is 1. The van der Waals surface area contributed by atoms with Gasteiger partial charge in [0.2, 0.25) is 0 Å². The van der Waals surface area contributed by atoms with E-state index in [1.807, 2.05) is 6.20 Å². The average Bonchev–Trinajstić information content (AvgIpc) is 3.32. The summed E-state index contributed by atoms with van der Waals surface area (Å²) in [6.07, 6.45) is 10.7. The minimum atomic E-state index is -0.861. The molecule has 158 valence electrons. The number of hydrogen-bond acceptors (Lipinski definition) is 6. The van der Waals surface area contributed by atoms with E-state index in [4.69, 9.17) is 6.42 Å². The van der Waals surface area contributed by atoms with Crippen LogP contribution in [0.5, 0.6) is 0 Å². The minimum Gasteiger partial charge on any atom is -0.384 e. The summed E-state index contributed by atoms with van der Waals surface area (Å²) < 4.78 is 1.79. The van der Waals surface area contributed by atoms with Crippen molar-refractivity contribution in [2.24, 2.45) is 0 Å². The number of aromatic nitrogens is 2. The van der Waals surface area contributed by atoms with Crippen molar-refractivity contribution in [2.45, 2.75) is 44.7 Å². The Morgan fingerprint density at radius 1 is 1.16 bits per heavy atom. The van der Waals surface area contributed by atoms with Gasteiger partial charge in [-0.1, -0.05) is 12.0 Å². The molecule has 4 rings (SSSR count). The Balaban J connectivity index is 1.39. The Bertz CT molecular complexity index is 1110. The summed E-state index contributed by atoms with van der Waals surface area (Å²) in [4.78, 5) is 50.8. The number of imide groups is 1. The number of carbonyl (C=O) groups is 4. The quantitative estimate of drug-likeness (QED) is 0.320. The van der Waals surface area contributed by atoms with Crippen molar-refractivity contribution in [3.8, 4) is 12.3 Å². The first-order valence-corrected chi connectivity index (χ1v) is 10.3. The molecule has 8 nitrogen and oxygen atoms in total. The van der Waals surface area contributed by atoms with Crippen LogP contribution in [0.25, 0.3) is 0 Å². The predicted molar refractivity (Wildman–Crippen MR) is 112 cm³/mol. The Hall–Kier alpha value is -3.73. The standard InChI is InChI=1S/C23H22N4O4/c1-2-15-13-25-26(14-15)11-4-3-10-24-18-7-5-6-17-21(18)23(31)27(22(17)30)19-9-8-16(28)12-20(19)29/h1,5-7,13-14,19,24H,3-4,8-12H2. The number of carbonyl (C=O) groups excluding carboxylic acids is 4. The molecule has 1 fully saturated rings. The van der Waals surface area contributed by atoms with Gasteiger partial charge in [-0.3, -0.25) is 28.8 Å². The van der Waals surface area contributed by atoms with Crippen molar-refractivity contribution in [1.82, 2.24) is 14.7 Å². The summed E-state index contributed by atoms with van der Waals surface area (Å²) in [5.41, 5.74) is 1.90. The number of ketones is 2. The predicted octanol–water partition coefficient (Wildman–Crippen LogP) is 2.04. The molecular weight excluding hydrogens is 396 g/mol. The van der Waals surface area contributed by atoms with E-state index in [-0.39, 0.29) is 36.4 Å². The van der Waals surface area contributed by atoms with Gasteiger partial charge in [-0.05, 0) is 31.4 Å². The zero-order valence-electron chi connectivity index (χ0n) is 17.0. The molecule has 8 heteroatoms. The Morgan fingerprint density at radius 3 is 2.74 bits per heavy atom. The van der Waals surface area contributed by atoms with E-state index in [0.29, 0.717) is 17.8 Å². The second-order valence-electron chi connectivity index (χ2n) is 7.71. The van der Waals surface area contributed by atoms with Crippen LogP contribution < -0.4 is 5.32 Å². The van der Waals surface area contributed by atoms with E-state index in [2.05, 4.69) is 16.3 Å². The van der Waals surface area contributed by atoms with Crippen LogP contribution in [-0.4, -0.2) is 50.6 Å². The van der Waals surface area contributed by atoms with Gasteiger partial charge in [-0.25, -0.2) is 0 Å². The first-order chi connectivity index (χ1) is 15.0. The molecule has 2 aliphatic rings. The summed E-state index contributed by atoms with van der Waals surface area (Å²) in [5, 5.41) is 7.43. The molecule has 31 heavy (non-hydrogen) atoms. The topological polar surface area (TPSA) is 101 Å². The van der Waals surface area contributed by atoms with Crippen LogP contribution >= 0.6 is 0 Å². The van der Waals surface area contributed by atoms with Gasteiger partial charge in [0.25, 0.3) is 11.8 Å². The Morgan fingerprint density at radius 2 is 2.00 bits per heavy atom. The van der Waals surface area contributed by atoms with E-state index < -0.39 is 17.9 Å². The van der Waals surface area contributed by atoms with Crippen molar-refractivity contribution in [2.75, 3.05) is 11.9 Å². The summed E-state index contributed by atoms with van der Waals surface area (Å²) in [7, 11) is 0. The lowest BCUT2D eigenvalue weighted by atomic mass is 9.92. The number of Topliss-reactive ketones (excluding diaryl/α,β-unsaturated/α-hetero) is 2. The van der Waals surface area contributed by atoms with Crippen LogP contribution in [0.1, 0.15) is 58.4 Å². The molecule has 1 unspecified atom stereocenters. The molecule has 0 saturated heterocycles. The molecule has 1 atom stereocenters. The number of anilines is 1. The van der Waals surface area contributed by atoms with Crippen LogP contribution in [0.3, 0.4) is 0 Å². The number of unbranched alkanes of at least 4 members (excludes halogenated alkanes) is 1. The largest absolute Gasteiger partial charge is 0.384 e. The SMILES string of the molecule is C#Cc1cnn(CCCCNc2cccc3c2C(=O)N(C2CCC(=O)CC2=O)C3=O)c1. The van der Waals surface area contributed by atoms with Crippen LogP contribution in [0, 0.1) is 12.3 Å². The summed E-state index contributed by atoms with van der Waals surface area (Å²) in [5.74, 6) is 1.07. The van der Waals surface area contributed by atoms with Gasteiger partial charge in [0.15, 0.2) is 5.78 Å². The van der Waals surface area contributed by atoms with Gasteiger partial charge in [-0.2, -0.15) is 5.10 Å². The molecule has 2 heterocycles. The number of hydrogen-bond donors (Lipinski definition) is 1. The fourth-order valence-electron chi connectivity index (χ4n) is 4.05. The molecular formula is C23H22N4O4. The molecule has 2 amide bonds. The van der Waals surface area contributed by atoms with E-state index in [1.54, 1.807) is 29.1 Å². The lowest BCUT2D eigenvalue weighted by Gasteiger charge is -2.27. The molecule has 1 N–H and O–H groups in total. The smallest absolute Gasteiger partial charge is 0.264 e. The third kappa shape index (κ3) is 3.99. The first-order valence-electron chi connectivity index (χ1n) is 10.3. The Labute approximate surface area is 179 Å². The molecule has 1 aliphatic carbocycles. The number of amides is 2. The third-order valence-corrected chi connectivity index (χ3v) is 5.63. The highest BCUT2D eigenvalue weighted by Crippen LogP contribution is 2.33. The second-order valence-corrected chi connectivity index (χ2v) is 7.71. The average molecular weight is 418 g/mol. The van der Waals surface area contributed by atoms with E-state index in [9.17, 15) is 19.2 Å². The molecule has 1 aromatic carbocycles. The molecule has 0 radical (unpaired) electrons. The number of fused-ring (bicyclic) bond motifs is 1. The number of nitrogens with zero attached hydrogens (tertiary/aromatic N) is 3. The molecule has 1 aromatic heterocycles. The van der Waals surface area contributed by atoms with Crippen molar-refractivity contribution in [1.29, 1.82) is 0 Å². The van der Waals surface area contributed by atoms with Crippen LogP contribution in [0.15, 0.2) is 30.6 Å². The number of nitrogens with one attached hydrogen (secondary N) is 1. The van der Waals surface area contributed by atoms with Crippen molar-refractivity contribution in [3.63, 3.8) is 0 Å².